The maximum atomic E-state index is 5.13. The van der Waals surface area contributed by atoms with Gasteiger partial charge >= 0.3 is 0 Å². The molecule has 2 heterocycles. The molecule has 0 spiro atoms. The van der Waals surface area contributed by atoms with Crippen LogP contribution in [-0.4, -0.2) is 34.3 Å². The van der Waals surface area contributed by atoms with E-state index in [1.54, 1.807) is 13.3 Å². The van der Waals surface area contributed by atoms with E-state index in [9.17, 15) is 0 Å². The third-order valence-corrected chi connectivity index (χ3v) is 2.89. The van der Waals surface area contributed by atoms with Gasteiger partial charge in [-0.2, -0.15) is 0 Å². The van der Waals surface area contributed by atoms with Gasteiger partial charge in [0.1, 0.15) is 0 Å². The predicted molar refractivity (Wildman–Crippen MR) is 75.8 cm³/mol. The van der Waals surface area contributed by atoms with Gasteiger partial charge in [0, 0.05) is 31.2 Å². The summed E-state index contributed by atoms with van der Waals surface area (Å²) in [4.78, 5) is 8.83. The molecular weight excluding hydrogens is 240 g/mol. The van der Waals surface area contributed by atoms with Crippen LogP contribution in [0.4, 0.5) is 5.95 Å². The molecule has 0 aliphatic heterocycles. The number of imidazole rings is 1. The Labute approximate surface area is 113 Å². The Balaban J connectivity index is 2.28. The normalized spacial score (nSPS) is 12.4. The molecule has 1 unspecified atom stereocenters. The van der Waals surface area contributed by atoms with Crippen LogP contribution in [0.15, 0.2) is 24.5 Å². The summed E-state index contributed by atoms with van der Waals surface area (Å²) in [7, 11) is 1.69. The van der Waals surface area contributed by atoms with Gasteiger partial charge in [-0.25, -0.2) is 4.98 Å². The highest BCUT2D eigenvalue weighted by atomic mass is 16.5. The van der Waals surface area contributed by atoms with Crippen molar-refractivity contribution in [3.05, 3.63) is 35.9 Å². The van der Waals surface area contributed by atoms with E-state index < -0.39 is 0 Å². The Hall–Kier alpha value is -1.88. The van der Waals surface area contributed by atoms with Crippen LogP contribution < -0.4 is 5.32 Å². The molecule has 0 amide bonds. The molecule has 0 aromatic carbocycles. The summed E-state index contributed by atoms with van der Waals surface area (Å²) in [6, 6.07) is 4.26. The topological polar surface area (TPSA) is 52.0 Å². The van der Waals surface area contributed by atoms with Crippen molar-refractivity contribution < 1.29 is 4.74 Å². The average Bonchev–Trinajstić information content (AvgIpc) is 2.77. The Morgan fingerprint density at radius 1 is 1.37 bits per heavy atom. The molecular formula is C14H20N4O. The molecule has 0 aliphatic carbocycles. The van der Waals surface area contributed by atoms with E-state index >= 15 is 0 Å². The van der Waals surface area contributed by atoms with Crippen molar-refractivity contribution >= 4 is 5.95 Å². The van der Waals surface area contributed by atoms with Crippen LogP contribution in [-0.2, 0) is 4.74 Å². The van der Waals surface area contributed by atoms with E-state index in [1.165, 1.54) is 0 Å². The van der Waals surface area contributed by atoms with Crippen molar-refractivity contribution in [2.75, 3.05) is 19.0 Å². The summed E-state index contributed by atoms with van der Waals surface area (Å²) in [5.41, 5.74) is 3.04. The van der Waals surface area contributed by atoms with Crippen LogP contribution in [0, 0.1) is 13.8 Å². The molecule has 2 aromatic heterocycles. The number of methoxy groups -OCH3 is 1. The molecule has 2 aromatic rings. The van der Waals surface area contributed by atoms with E-state index in [-0.39, 0.29) is 6.04 Å². The molecule has 19 heavy (non-hydrogen) atoms. The lowest BCUT2D eigenvalue weighted by atomic mass is 10.2. The van der Waals surface area contributed by atoms with E-state index in [0.29, 0.717) is 6.61 Å². The average molecular weight is 260 g/mol. The van der Waals surface area contributed by atoms with Gasteiger partial charge in [-0.3, -0.25) is 9.55 Å². The molecule has 2 rings (SSSR count). The van der Waals surface area contributed by atoms with E-state index in [1.807, 2.05) is 30.7 Å². The van der Waals surface area contributed by atoms with Crippen LogP contribution in [0.5, 0.6) is 0 Å². The number of hydrogen-bond acceptors (Lipinski definition) is 4. The molecule has 5 nitrogen and oxygen atoms in total. The summed E-state index contributed by atoms with van der Waals surface area (Å²) in [6.07, 6.45) is 3.71. The number of nitrogens with one attached hydrogen (secondary N) is 1. The summed E-state index contributed by atoms with van der Waals surface area (Å²) in [6.45, 7) is 6.69. The molecule has 1 atom stereocenters. The van der Waals surface area contributed by atoms with Gasteiger partial charge < -0.3 is 10.1 Å². The SMILES string of the molecule is COCC(C)Nc1nccn1-c1ccc(C)nc1C. The summed E-state index contributed by atoms with van der Waals surface area (Å²) < 4.78 is 7.13. The fourth-order valence-corrected chi connectivity index (χ4v) is 2.05. The van der Waals surface area contributed by atoms with Crippen LogP contribution in [0.3, 0.4) is 0 Å². The standard InChI is InChI=1S/C14H20N4O/c1-10-5-6-13(12(3)16-10)18-8-7-15-14(18)17-11(2)9-19-4/h5-8,11H,9H2,1-4H3,(H,15,17). The highest BCUT2D eigenvalue weighted by molar-refractivity contribution is 5.45. The number of aryl methyl sites for hydroxylation is 2. The molecule has 0 aliphatic rings. The third kappa shape index (κ3) is 3.12. The first-order valence-electron chi connectivity index (χ1n) is 6.35. The summed E-state index contributed by atoms with van der Waals surface area (Å²) in [5, 5.41) is 3.33. The quantitative estimate of drug-likeness (QED) is 0.896. The first-order valence-corrected chi connectivity index (χ1v) is 6.35. The molecule has 0 saturated heterocycles. The van der Waals surface area contributed by atoms with Gasteiger partial charge in [0.15, 0.2) is 0 Å². The largest absolute Gasteiger partial charge is 0.383 e. The molecule has 5 heteroatoms. The van der Waals surface area contributed by atoms with Crippen molar-refractivity contribution in [3.63, 3.8) is 0 Å². The molecule has 0 fully saturated rings. The fourth-order valence-electron chi connectivity index (χ4n) is 2.05. The zero-order chi connectivity index (χ0) is 13.8. The van der Waals surface area contributed by atoms with Gasteiger partial charge in [-0.15, -0.1) is 0 Å². The zero-order valence-electron chi connectivity index (χ0n) is 11.8. The highest BCUT2D eigenvalue weighted by Gasteiger charge is 2.10. The second-order valence-electron chi connectivity index (χ2n) is 4.68. The van der Waals surface area contributed by atoms with E-state index in [4.69, 9.17) is 4.74 Å². The van der Waals surface area contributed by atoms with Gasteiger partial charge in [0.2, 0.25) is 5.95 Å². The number of rotatable bonds is 5. The third-order valence-electron chi connectivity index (χ3n) is 2.89. The molecule has 0 radical (unpaired) electrons. The first-order chi connectivity index (χ1) is 9.11. The number of pyridine rings is 1. The predicted octanol–water partition coefficient (Wildman–Crippen LogP) is 2.33. The Bertz CT molecular complexity index is 550. The van der Waals surface area contributed by atoms with Gasteiger partial charge in [0.05, 0.1) is 18.0 Å². The summed E-state index contributed by atoms with van der Waals surface area (Å²) in [5.74, 6) is 0.804. The van der Waals surface area contributed by atoms with Crippen molar-refractivity contribution in [1.29, 1.82) is 0 Å². The maximum Gasteiger partial charge on any atom is 0.207 e. The maximum absolute atomic E-state index is 5.13. The molecule has 1 N–H and O–H groups in total. The minimum atomic E-state index is 0.199. The van der Waals surface area contributed by atoms with Gasteiger partial charge in [-0.1, -0.05) is 0 Å². The smallest absolute Gasteiger partial charge is 0.207 e. The van der Waals surface area contributed by atoms with Gasteiger partial charge in [-0.05, 0) is 32.9 Å². The lowest BCUT2D eigenvalue weighted by Crippen LogP contribution is -2.23. The summed E-state index contributed by atoms with van der Waals surface area (Å²) >= 11 is 0. The highest BCUT2D eigenvalue weighted by Crippen LogP contribution is 2.18. The number of aromatic nitrogens is 3. The van der Waals surface area contributed by atoms with E-state index in [2.05, 4.69) is 28.3 Å². The van der Waals surface area contributed by atoms with Crippen molar-refractivity contribution in [1.82, 2.24) is 14.5 Å². The molecule has 102 valence electrons. The minimum absolute atomic E-state index is 0.199. The van der Waals surface area contributed by atoms with Crippen LogP contribution in [0.1, 0.15) is 18.3 Å². The van der Waals surface area contributed by atoms with Gasteiger partial charge in [0.25, 0.3) is 0 Å². The van der Waals surface area contributed by atoms with Crippen LogP contribution in [0.25, 0.3) is 5.69 Å². The lowest BCUT2D eigenvalue weighted by Gasteiger charge is -2.16. The molecule has 0 bridgehead atoms. The Kier molecular flexibility index (Phi) is 4.16. The van der Waals surface area contributed by atoms with Crippen molar-refractivity contribution in [3.8, 4) is 5.69 Å². The second kappa shape index (κ2) is 5.84. The van der Waals surface area contributed by atoms with Crippen LogP contribution in [0.2, 0.25) is 0 Å². The van der Waals surface area contributed by atoms with Crippen molar-refractivity contribution in [2.24, 2.45) is 0 Å². The fraction of sp³-hybridized carbons (Fsp3) is 0.429. The van der Waals surface area contributed by atoms with Crippen LogP contribution >= 0.6 is 0 Å². The monoisotopic (exact) mass is 260 g/mol. The lowest BCUT2D eigenvalue weighted by molar-refractivity contribution is 0.190. The second-order valence-corrected chi connectivity index (χ2v) is 4.68. The first kappa shape index (κ1) is 13.5. The number of anilines is 1. The minimum Gasteiger partial charge on any atom is -0.383 e. The number of ether oxygens (including phenoxy) is 1. The zero-order valence-corrected chi connectivity index (χ0v) is 11.8. The molecule has 0 saturated carbocycles. The number of hydrogen-bond donors (Lipinski definition) is 1. The Morgan fingerprint density at radius 2 is 2.16 bits per heavy atom. The Morgan fingerprint density at radius 3 is 2.84 bits per heavy atom. The van der Waals surface area contributed by atoms with Crippen molar-refractivity contribution in [2.45, 2.75) is 26.8 Å². The van der Waals surface area contributed by atoms with E-state index in [0.717, 1.165) is 23.0 Å². The number of nitrogens with zero attached hydrogens (tertiary/aromatic N) is 3.